The third-order valence-corrected chi connectivity index (χ3v) is 4.47. The first-order chi connectivity index (χ1) is 11.1. The summed E-state index contributed by atoms with van der Waals surface area (Å²) in [5.41, 5.74) is 1.45. The Morgan fingerprint density at radius 2 is 1.70 bits per heavy atom. The van der Waals surface area contributed by atoms with Gasteiger partial charge in [0, 0.05) is 0 Å². The van der Waals surface area contributed by atoms with E-state index in [1.54, 1.807) is 0 Å². The van der Waals surface area contributed by atoms with Gasteiger partial charge in [0.2, 0.25) is 5.91 Å². The zero-order chi connectivity index (χ0) is 16.3. The van der Waals surface area contributed by atoms with Crippen molar-refractivity contribution in [1.82, 2.24) is 0 Å². The summed E-state index contributed by atoms with van der Waals surface area (Å²) in [5, 5.41) is 3.09. The van der Waals surface area contributed by atoms with E-state index in [0.717, 1.165) is 36.3 Å². The monoisotopic (exact) mass is 309 g/mol. The Balaban J connectivity index is 1.84. The van der Waals surface area contributed by atoms with Crippen molar-refractivity contribution >= 4 is 11.6 Å². The summed E-state index contributed by atoms with van der Waals surface area (Å²) in [4.78, 5) is 13.0. The van der Waals surface area contributed by atoms with Gasteiger partial charge in [-0.25, -0.2) is 0 Å². The minimum absolute atomic E-state index is 0.0646. The van der Waals surface area contributed by atoms with Gasteiger partial charge >= 0.3 is 0 Å². The second-order valence-electron chi connectivity index (χ2n) is 6.42. The number of carbonyl (C=O) groups excluding carboxylic acids is 1. The molecule has 120 valence electrons. The Labute approximate surface area is 137 Å². The number of para-hydroxylation sites is 2. The van der Waals surface area contributed by atoms with Gasteiger partial charge in [0.1, 0.15) is 5.75 Å². The quantitative estimate of drug-likeness (QED) is 0.881. The third-order valence-electron chi connectivity index (χ3n) is 4.47. The fraction of sp³-hybridized carbons (Fsp3) is 0.350. The summed E-state index contributed by atoms with van der Waals surface area (Å²) in [5.74, 6) is 0.785. The Bertz CT molecular complexity index is 675. The van der Waals surface area contributed by atoms with Gasteiger partial charge in [0.15, 0.2) is 0 Å². The molecule has 0 unspecified atom stereocenters. The lowest BCUT2D eigenvalue weighted by atomic mass is 9.64. The molecule has 3 heteroatoms. The number of nitrogens with one attached hydrogen (secondary N) is 1. The topological polar surface area (TPSA) is 38.3 Å². The Hall–Kier alpha value is -2.29. The number of hydrogen-bond acceptors (Lipinski definition) is 2. The molecule has 3 rings (SSSR count). The summed E-state index contributed by atoms with van der Waals surface area (Å²) < 4.78 is 5.80. The molecule has 1 aliphatic rings. The molecule has 0 aromatic heterocycles. The minimum Gasteiger partial charge on any atom is -0.489 e. The molecular formula is C20H23NO2. The molecule has 0 aliphatic heterocycles. The highest BCUT2D eigenvalue weighted by Crippen LogP contribution is 2.45. The summed E-state index contributed by atoms with van der Waals surface area (Å²) in [6.45, 7) is 3.96. The molecule has 0 radical (unpaired) electrons. The molecule has 1 aliphatic carbocycles. The van der Waals surface area contributed by atoms with Crippen molar-refractivity contribution in [1.29, 1.82) is 0 Å². The summed E-state index contributed by atoms with van der Waals surface area (Å²) in [6, 6.07) is 17.7. The van der Waals surface area contributed by atoms with Crippen molar-refractivity contribution in [2.75, 3.05) is 5.32 Å². The van der Waals surface area contributed by atoms with Gasteiger partial charge in [0.05, 0.1) is 17.2 Å². The Kier molecular flexibility index (Phi) is 4.37. The minimum atomic E-state index is -0.397. The maximum absolute atomic E-state index is 13.0. The molecule has 2 aromatic carbocycles. The van der Waals surface area contributed by atoms with Crippen LogP contribution >= 0.6 is 0 Å². The molecular weight excluding hydrogens is 286 g/mol. The number of rotatable bonds is 5. The van der Waals surface area contributed by atoms with Gasteiger partial charge in [0.25, 0.3) is 0 Å². The second-order valence-corrected chi connectivity index (χ2v) is 6.42. The molecule has 0 atom stereocenters. The van der Waals surface area contributed by atoms with Crippen molar-refractivity contribution < 1.29 is 9.53 Å². The standard InChI is InChI=1S/C20H23NO2/c1-15(2)23-18-12-7-6-11-17(18)21-19(22)20(13-8-14-20)16-9-4-3-5-10-16/h3-7,9-12,15H,8,13-14H2,1-2H3,(H,21,22). The molecule has 23 heavy (non-hydrogen) atoms. The molecule has 0 saturated heterocycles. The fourth-order valence-corrected chi connectivity index (χ4v) is 3.10. The first kappa shape index (κ1) is 15.6. The molecule has 1 amide bonds. The van der Waals surface area contributed by atoms with E-state index in [1.807, 2.05) is 56.3 Å². The van der Waals surface area contributed by atoms with E-state index in [2.05, 4.69) is 17.4 Å². The highest BCUT2D eigenvalue weighted by atomic mass is 16.5. The molecule has 0 spiro atoms. The van der Waals surface area contributed by atoms with E-state index in [4.69, 9.17) is 4.74 Å². The number of hydrogen-bond donors (Lipinski definition) is 1. The predicted octanol–water partition coefficient (Wildman–Crippen LogP) is 4.53. The third kappa shape index (κ3) is 3.09. The van der Waals surface area contributed by atoms with Crippen LogP contribution in [0.2, 0.25) is 0 Å². The summed E-state index contributed by atoms with van der Waals surface area (Å²) in [7, 11) is 0. The van der Waals surface area contributed by atoms with Gasteiger partial charge in [-0.3, -0.25) is 4.79 Å². The van der Waals surface area contributed by atoms with Crippen molar-refractivity contribution in [3.63, 3.8) is 0 Å². The van der Waals surface area contributed by atoms with E-state index in [9.17, 15) is 4.79 Å². The van der Waals surface area contributed by atoms with Crippen LogP contribution in [-0.4, -0.2) is 12.0 Å². The lowest BCUT2D eigenvalue weighted by Gasteiger charge is -2.40. The van der Waals surface area contributed by atoms with Gasteiger partial charge < -0.3 is 10.1 Å². The number of benzene rings is 2. The van der Waals surface area contributed by atoms with Crippen LogP contribution in [0.5, 0.6) is 5.75 Å². The SMILES string of the molecule is CC(C)Oc1ccccc1NC(=O)C1(c2ccccc2)CCC1. The van der Waals surface area contributed by atoms with Gasteiger partial charge in [-0.2, -0.15) is 0 Å². The molecule has 1 fully saturated rings. The number of anilines is 1. The van der Waals surface area contributed by atoms with E-state index >= 15 is 0 Å². The largest absolute Gasteiger partial charge is 0.489 e. The highest BCUT2D eigenvalue weighted by molar-refractivity contribution is 6.00. The molecule has 2 aromatic rings. The molecule has 0 heterocycles. The van der Waals surface area contributed by atoms with Crippen LogP contribution in [0, 0.1) is 0 Å². The summed E-state index contributed by atoms with van der Waals surface area (Å²) in [6.07, 6.45) is 2.96. The first-order valence-corrected chi connectivity index (χ1v) is 8.24. The van der Waals surface area contributed by atoms with Crippen molar-refractivity contribution in [2.24, 2.45) is 0 Å². The van der Waals surface area contributed by atoms with Crippen molar-refractivity contribution in [3.05, 3.63) is 60.2 Å². The lowest BCUT2D eigenvalue weighted by molar-refractivity contribution is -0.124. The normalized spacial score (nSPS) is 15.8. The predicted molar refractivity (Wildman–Crippen MR) is 92.8 cm³/mol. The number of amides is 1. The van der Waals surface area contributed by atoms with E-state index < -0.39 is 5.41 Å². The molecule has 0 bridgehead atoms. The van der Waals surface area contributed by atoms with Crippen LogP contribution in [0.25, 0.3) is 0 Å². The zero-order valence-electron chi connectivity index (χ0n) is 13.7. The average Bonchev–Trinajstić information content (AvgIpc) is 2.49. The van der Waals surface area contributed by atoms with Gasteiger partial charge in [-0.05, 0) is 44.4 Å². The Morgan fingerprint density at radius 3 is 2.30 bits per heavy atom. The lowest BCUT2D eigenvalue weighted by Crippen LogP contribution is -2.46. The van der Waals surface area contributed by atoms with E-state index in [-0.39, 0.29) is 12.0 Å². The van der Waals surface area contributed by atoms with Crippen LogP contribution < -0.4 is 10.1 Å². The van der Waals surface area contributed by atoms with Gasteiger partial charge in [-0.15, -0.1) is 0 Å². The Morgan fingerprint density at radius 1 is 1.04 bits per heavy atom. The number of carbonyl (C=O) groups is 1. The van der Waals surface area contributed by atoms with Gasteiger partial charge in [-0.1, -0.05) is 48.9 Å². The maximum Gasteiger partial charge on any atom is 0.235 e. The van der Waals surface area contributed by atoms with Crippen LogP contribution in [0.3, 0.4) is 0 Å². The van der Waals surface area contributed by atoms with E-state index in [1.165, 1.54) is 0 Å². The van der Waals surface area contributed by atoms with Crippen LogP contribution in [0.1, 0.15) is 38.7 Å². The smallest absolute Gasteiger partial charge is 0.235 e. The van der Waals surface area contributed by atoms with E-state index in [0.29, 0.717) is 0 Å². The zero-order valence-corrected chi connectivity index (χ0v) is 13.7. The first-order valence-electron chi connectivity index (χ1n) is 8.24. The molecule has 1 N–H and O–H groups in total. The molecule has 1 saturated carbocycles. The second kappa shape index (κ2) is 6.45. The summed E-state index contributed by atoms with van der Waals surface area (Å²) >= 11 is 0. The van der Waals surface area contributed by atoms with Crippen molar-refractivity contribution in [3.8, 4) is 5.75 Å². The van der Waals surface area contributed by atoms with Crippen LogP contribution in [0.15, 0.2) is 54.6 Å². The maximum atomic E-state index is 13.0. The average molecular weight is 309 g/mol. The number of ether oxygens (including phenoxy) is 1. The van der Waals surface area contributed by atoms with Crippen LogP contribution in [-0.2, 0) is 10.2 Å². The highest BCUT2D eigenvalue weighted by Gasteiger charge is 2.45. The van der Waals surface area contributed by atoms with Crippen LogP contribution in [0.4, 0.5) is 5.69 Å². The molecule has 3 nitrogen and oxygen atoms in total. The van der Waals surface area contributed by atoms with Crippen molar-refractivity contribution in [2.45, 2.75) is 44.6 Å². The fourth-order valence-electron chi connectivity index (χ4n) is 3.10.